The average molecular weight is 298 g/mol. The van der Waals surface area contributed by atoms with Crippen LogP contribution in [-0.2, 0) is 12.8 Å². The van der Waals surface area contributed by atoms with Crippen LogP contribution in [0.4, 0.5) is 0 Å². The molecule has 2 aromatic rings. The fraction of sp³-hybridized carbons (Fsp3) is 0.278. The Labute approximate surface area is 129 Å². The van der Waals surface area contributed by atoms with Gasteiger partial charge in [-0.25, -0.2) is 0 Å². The Morgan fingerprint density at radius 2 is 1.81 bits per heavy atom. The maximum atomic E-state index is 10.8. The van der Waals surface area contributed by atoms with Crippen LogP contribution in [0.3, 0.4) is 0 Å². The van der Waals surface area contributed by atoms with Gasteiger partial charge < -0.3 is 5.11 Å². The number of nitriles is 1. The van der Waals surface area contributed by atoms with Gasteiger partial charge in [-0.05, 0) is 54.2 Å². The standard InChI is InChI=1S/C18H16ClNO/c1-12-8-15(19)6-7-16(12)17(21)18(11-20)9-13-4-2-3-5-14(13)10-18/h2-8,17,21H,9-10H2,1H3. The van der Waals surface area contributed by atoms with Crippen molar-refractivity contribution in [2.75, 3.05) is 0 Å². The van der Waals surface area contributed by atoms with Crippen molar-refractivity contribution >= 4 is 11.6 Å². The number of fused-ring (bicyclic) bond motifs is 1. The van der Waals surface area contributed by atoms with Gasteiger partial charge in [-0.15, -0.1) is 0 Å². The number of hydrogen-bond acceptors (Lipinski definition) is 2. The van der Waals surface area contributed by atoms with E-state index in [-0.39, 0.29) is 0 Å². The van der Waals surface area contributed by atoms with Gasteiger partial charge in [0, 0.05) is 5.02 Å². The van der Waals surface area contributed by atoms with Crippen molar-refractivity contribution < 1.29 is 5.11 Å². The van der Waals surface area contributed by atoms with Gasteiger partial charge in [0.25, 0.3) is 0 Å². The number of aliphatic hydroxyl groups is 1. The Balaban J connectivity index is 2.00. The molecular formula is C18H16ClNO. The zero-order valence-electron chi connectivity index (χ0n) is 11.8. The lowest BCUT2D eigenvalue weighted by molar-refractivity contribution is 0.0688. The maximum absolute atomic E-state index is 10.8. The third-order valence-electron chi connectivity index (χ3n) is 4.40. The summed E-state index contributed by atoms with van der Waals surface area (Å²) in [6, 6.07) is 15.8. The highest BCUT2D eigenvalue weighted by Gasteiger charge is 2.44. The molecule has 0 saturated carbocycles. The third-order valence-corrected chi connectivity index (χ3v) is 4.64. The van der Waals surface area contributed by atoms with Gasteiger partial charge in [-0.3, -0.25) is 0 Å². The number of aryl methyl sites for hydroxylation is 1. The van der Waals surface area contributed by atoms with E-state index >= 15 is 0 Å². The molecule has 1 atom stereocenters. The van der Waals surface area contributed by atoms with E-state index in [1.807, 2.05) is 43.3 Å². The smallest absolute Gasteiger partial charge is 0.0985 e. The summed E-state index contributed by atoms with van der Waals surface area (Å²) in [5.41, 5.74) is 3.23. The van der Waals surface area contributed by atoms with Crippen molar-refractivity contribution in [2.45, 2.75) is 25.9 Å². The van der Waals surface area contributed by atoms with E-state index in [4.69, 9.17) is 11.6 Å². The van der Waals surface area contributed by atoms with Gasteiger partial charge in [0.1, 0.15) is 0 Å². The molecule has 0 aromatic heterocycles. The SMILES string of the molecule is Cc1cc(Cl)ccc1C(O)C1(C#N)Cc2ccccc2C1. The maximum Gasteiger partial charge on any atom is 0.0985 e. The van der Waals surface area contributed by atoms with E-state index in [0.717, 1.165) is 22.3 Å². The van der Waals surface area contributed by atoms with Crippen LogP contribution in [0.15, 0.2) is 42.5 Å². The van der Waals surface area contributed by atoms with E-state index in [9.17, 15) is 10.4 Å². The average Bonchev–Trinajstić information content (AvgIpc) is 2.86. The molecule has 0 aliphatic heterocycles. The summed E-state index contributed by atoms with van der Waals surface area (Å²) in [5.74, 6) is 0. The second kappa shape index (κ2) is 5.18. The minimum absolute atomic E-state index is 0.586. The van der Waals surface area contributed by atoms with Crippen LogP contribution < -0.4 is 0 Å². The molecule has 0 radical (unpaired) electrons. The van der Waals surface area contributed by atoms with E-state index < -0.39 is 11.5 Å². The Morgan fingerprint density at radius 3 is 2.33 bits per heavy atom. The van der Waals surface area contributed by atoms with E-state index in [1.54, 1.807) is 6.07 Å². The molecule has 3 heteroatoms. The summed E-state index contributed by atoms with van der Waals surface area (Å²) in [7, 11) is 0. The number of hydrogen-bond donors (Lipinski definition) is 1. The van der Waals surface area contributed by atoms with Crippen LogP contribution in [0.5, 0.6) is 0 Å². The van der Waals surface area contributed by atoms with Crippen LogP contribution in [0.25, 0.3) is 0 Å². The monoisotopic (exact) mass is 297 g/mol. The van der Waals surface area contributed by atoms with Crippen molar-refractivity contribution in [1.29, 1.82) is 5.26 Å². The van der Waals surface area contributed by atoms with Gasteiger partial charge in [0.05, 0.1) is 17.6 Å². The summed E-state index contributed by atoms with van der Waals surface area (Å²) in [5, 5.41) is 21.2. The lowest BCUT2D eigenvalue weighted by atomic mass is 9.76. The fourth-order valence-corrected chi connectivity index (χ4v) is 3.45. The highest BCUT2D eigenvalue weighted by molar-refractivity contribution is 6.30. The molecule has 21 heavy (non-hydrogen) atoms. The van der Waals surface area contributed by atoms with Gasteiger partial charge >= 0.3 is 0 Å². The van der Waals surface area contributed by atoms with Crippen LogP contribution in [0, 0.1) is 23.7 Å². The largest absolute Gasteiger partial charge is 0.387 e. The first-order chi connectivity index (χ1) is 10.1. The van der Waals surface area contributed by atoms with Gasteiger partial charge in [0.15, 0.2) is 0 Å². The Bertz CT molecular complexity index is 707. The zero-order chi connectivity index (χ0) is 15.0. The van der Waals surface area contributed by atoms with Crippen molar-refractivity contribution in [3.05, 3.63) is 69.7 Å². The first-order valence-electron chi connectivity index (χ1n) is 6.98. The van der Waals surface area contributed by atoms with Gasteiger partial charge in [0.2, 0.25) is 0 Å². The molecule has 0 bridgehead atoms. The molecular weight excluding hydrogens is 282 g/mol. The van der Waals surface area contributed by atoms with Crippen LogP contribution in [-0.4, -0.2) is 5.11 Å². The lowest BCUT2D eigenvalue weighted by Gasteiger charge is -2.28. The highest BCUT2D eigenvalue weighted by atomic mass is 35.5. The van der Waals surface area contributed by atoms with Crippen molar-refractivity contribution in [3.63, 3.8) is 0 Å². The molecule has 0 spiro atoms. The van der Waals surface area contributed by atoms with E-state index in [2.05, 4.69) is 6.07 Å². The van der Waals surface area contributed by atoms with E-state index in [0.29, 0.717) is 17.9 Å². The fourth-order valence-electron chi connectivity index (χ4n) is 3.22. The topological polar surface area (TPSA) is 44.0 Å². The number of rotatable bonds is 2. The molecule has 2 nitrogen and oxygen atoms in total. The van der Waals surface area contributed by atoms with E-state index in [1.165, 1.54) is 0 Å². The second-order valence-corrected chi connectivity index (χ2v) is 6.23. The Morgan fingerprint density at radius 1 is 1.19 bits per heavy atom. The van der Waals surface area contributed by atoms with Crippen molar-refractivity contribution in [2.24, 2.45) is 5.41 Å². The molecule has 0 fully saturated rings. The summed E-state index contributed by atoms with van der Waals surface area (Å²) >= 11 is 5.98. The molecule has 1 aliphatic carbocycles. The second-order valence-electron chi connectivity index (χ2n) is 5.79. The number of nitrogens with zero attached hydrogens (tertiary/aromatic N) is 1. The summed E-state index contributed by atoms with van der Waals surface area (Å²) < 4.78 is 0. The quantitative estimate of drug-likeness (QED) is 0.911. The summed E-state index contributed by atoms with van der Waals surface area (Å²) in [4.78, 5) is 0. The summed E-state index contributed by atoms with van der Waals surface area (Å²) in [6.07, 6.45) is 0.360. The molecule has 0 saturated heterocycles. The number of benzene rings is 2. The predicted molar refractivity (Wildman–Crippen MR) is 83.0 cm³/mol. The van der Waals surface area contributed by atoms with Crippen molar-refractivity contribution in [1.82, 2.24) is 0 Å². The molecule has 0 amide bonds. The first kappa shape index (κ1) is 14.1. The third kappa shape index (κ3) is 2.33. The normalized spacial score (nSPS) is 17.0. The molecule has 106 valence electrons. The Kier molecular flexibility index (Phi) is 3.49. The van der Waals surface area contributed by atoms with Crippen LogP contribution in [0.1, 0.15) is 28.4 Å². The molecule has 2 aromatic carbocycles. The predicted octanol–water partition coefficient (Wildman–Crippen LogP) is 3.99. The van der Waals surface area contributed by atoms with Crippen molar-refractivity contribution in [3.8, 4) is 6.07 Å². The van der Waals surface area contributed by atoms with Crippen LogP contribution in [0.2, 0.25) is 5.02 Å². The minimum atomic E-state index is -0.813. The molecule has 3 rings (SSSR count). The highest BCUT2D eigenvalue weighted by Crippen LogP contribution is 2.46. The first-order valence-corrected chi connectivity index (χ1v) is 7.36. The van der Waals surface area contributed by atoms with Crippen LogP contribution >= 0.6 is 11.6 Å². The van der Waals surface area contributed by atoms with Gasteiger partial charge in [-0.2, -0.15) is 5.26 Å². The number of halogens is 1. The minimum Gasteiger partial charge on any atom is -0.387 e. The molecule has 0 heterocycles. The molecule has 1 unspecified atom stereocenters. The zero-order valence-corrected chi connectivity index (χ0v) is 12.6. The lowest BCUT2D eigenvalue weighted by Crippen LogP contribution is -2.28. The molecule has 1 aliphatic rings. The summed E-state index contributed by atoms with van der Waals surface area (Å²) in [6.45, 7) is 1.91. The Hall–Kier alpha value is -1.82. The van der Waals surface area contributed by atoms with Gasteiger partial charge in [-0.1, -0.05) is 41.9 Å². The number of aliphatic hydroxyl groups excluding tert-OH is 1. The molecule has 1 N–H and O–H groups in total.